The average molecular weight is 295 g/mol. The van der Waals surface area contributed by atoms with E-state index in [0.29, 0.717) is 17.7 Å². The summed E-state index contributed by atoms with van der Waals surface area (Å²) in [6, 6.07) is -1.10. The number of alkyl halides is 3. The number of amides is 1. The van der Waals surface area contributed by atoms with Crippen LogP contribution in [0.4, 0.5) is 13.2 Å². The molecule has 0 aromatic heterocycles. The van der Waals surface area contributed by atoms with Crippen molar-refractivity contribution in [1.82, 2.24) is 4.90 Å². The summed E-state index contributed by atoms with van der Waals surface area (Å²) >= 11 is 0. The van der Waals surface area contributed by atoms with Crippen molar-refractivity contribution in [2.75, 3.05) is 6.54 Å². The number of hydrogen-bond acceptors (Lipinski definition) is 3. The molecule has 0 aromatic carbocycles. The van der Waals surface area contributed by atoms with Crippen molar-refractivity contribution >= 4 is 11.9 Å². The Morgan fingerprint density at radius 3 is 2.60 bits per heavy atom. The van der Waals surface area contributed by atoms with E-state index in [9.17, 15) is 22.8 Å². The number of hydrogen-bond donors (Lipinski definition) is 0. The molecule has 0 N–H and O–H groups in total. The van der Waals surface area contributed by atoms with Crippen molar-refractivity contribution in [2.24, 2.45) is 0 Å². The second-order valence-electron chi connectivity index (χ2n) is 5.04. The Morgan fingerprint density at radius 2 is 2.05 bits per heavy atom. The lowest BCUT2D eigenvalue weighted by atomic mass is 10.2. The van der Waals surface area contributed by atoms with E-state index in [4.69, 9.17) is 4.74 Å². The number of esters is 1. The Morgan fingerprint density at radius 1 is 1.40 bits per heavy atom. The minimum Gasteiger partial charge on any atom is -0.461 e. The second-order valence-corrected chi connectivity index (χ2v) is 5.04. The molecule has 0 spiro atoms. The number of likely N-dealkylation sites (tertiary alicyclic amines) is 1. The molecular weight excluding hydrogens is 275 g/mol. The lowest BCUT2D eigenvalue weighted by molar-refractivity contribution is -0.189. The molecular formula is C13H20F3NO3. The van der Waals surface area contributed by atoms with Crippen LogP contribution >= 0.6 is 0 Å². The third-order valence-corrected chi connectivity index (χ3v) is 3.31. The van der Waals surface area contributed by atoms with Crippen molar-refractivity contribution in [2.45, 2.75) is 64.3 Å². The van der Waals surface area contributed by atoms with E-state index in [2.05, 4.69) is 0 Å². The Balaban J connectivity index is 2.60. The summed E-state index contributed by atoms with van der Waals surface area (Å²) in [7, 11) is 0. The first kappa shape index (κ1) is 16.8. The minimum absolute atomic E-state index is 0.0541. The Labute approximate surface area is 116 Å². The fraction of sp³-hybridized carbons (Fsp3) is 0.846. The van der Waals surface area contributed by atoms with Gasteiger partial charge in [-0.2, -0.15) is 13.2 Å². The van der Waals surface area contributed by atoms with Crippen molar-refractivity contribution in [3.05, 3.63) is 0 Å². The van der Waals surface area contributed by atoms with Crippen LogP contribution in [0.1, 0.15) is 46.0 Å². The molecule has 2 atom stereocenters. The van der Waals surface area contributed by atoms with Gasteiger partial charge in [0.1, 0.15) is 6.04 Å². The van der Waals surface area contributed by atoms with E-state index in [1.54, 1.807) is 6.92 Å². The lowest BCUT2D eigenvalue weighted by Crippen LogP contribution is -2.47. The fourth-order valence-electron chi connectivity index (χ4n) is 2.24. The first-order chi connectivity index (χ1) is 9.27. The van der Waals surface area contributed by atoms with E-state index in [0.717, 1.165) is 12.8 Å². The zero-order valence-electron chi connectivity index (χ0n) is 11.7. The van der Waals surface area contributed by atoms with Gasteiger partial charge in [0.25, 0.3) is 0 Å². The summed E-state index contributed by atoms with van der Waals surface area (Å²) in [6.07, 6.45) is -2.19. The molecule has 1 unspecified atom stereocenters. The van der Waals surface area contributed by atoms with Crippen molar-refractivity contribution < 1.29 is 27.5 Å². The number of carbonyl (C=O) groups excluding carboxylic acids is 2. The summed E-state index contributed by atoms with van der Waals surface area (Å²) in [4.78, 5) is 23.7. The molecule has 0 radical (unpaired) electrons. The van der Waals surface area contributed by atoms with E-state index < -0.39 is 24.1 Å². The normalized spacial score (nSPS) is 20.9. The quantitative estimate of drug-likeness (QED) is 0.733. The molecule has 7 heteroatoms. The zero-order valence-corrected chi connectivity index (χ0v) is 11.7. The predicted molar refractivity (Wildman–Crippen MR) is 65.9 cm³/mol. The maximum atomic E-state index is 12.4. The van der Waals surface area contributed by atoms with Crippen molar-refractivity contribution in [3.8, 4) is 0 Å². The van der Waals surface area contributed by atoms with Gasteiger partial charge in [-0.05, 0) is 26.2 Å². The highest BCUT2D eigenvalue weighted by Crippen LogP contribution is 2.26. The van der Waals surface area contributed by atoms with Gasteiger partial charge >= 0.3 is 18.1 Å². The molecule has 0 bridgehead atoms. The SMILES string of the molecule is CCCCC(C)OC(=O)[C@@H]1CCCN1C(=O)C(F)(F)F. The summed E-state index contributed by atoms with van der Waals surface area (Å²) in [5, 5.41) is 0. The number of carbonyl (C=O) groups is 2. The van der Waals surface area contributed by atoms with Gasteiger partial charge in [-0.25, -0.2) is 4.79 Å². The molecule has 1 aliphatic heterocycles. The maximum absolute atomic E-state index is 12.4. The van der Waals surface area contributed by atoms with Crippen LogP contribution < -0.4 is 0 Å². The molecule has 0 saturated carbocycles. The molecule has 1 aliphatic rings. The predicted octanol–water partition coefficient (Wildman–Crippen LogP) is 2.66. The highest BCUT2D eigenvalue weighted by atomic mass is 19.4. The Kier molecular flexibility index (Phi) is 5.83. The highest BCUT2D eigenvalue weighted by Gasteiger charge is 2.48. The van der Waals surface area contributed by atoms with Crippen molar-refractivity contribution in [1.29, 1.82) is 0 Å². The third-order valence-electron chi connectivity index (χ3n) is 3.31. The molecule has 4 nitrogen and oxygen atoms in total. The summed E-state index contributed by atoms with van der Waals surface area (Å²) in [5.74, 6) is -2.69. The van der Waals surface area contributed by atoms with E-state index in [1.165, 1.54) is 0 Å². The second kappa shape index (κ2) is 6.95. The van der Waals surface area contributed by atoms with Crippen LogP contribution in [-0.4, -0.2) is 41.6 Å². The standard InChI is InChI=1S/C13H20F3NO3/c1-3-4-6-9(2)20-11(18)10-7-5-8-17(10)12(19)13(14,15)16/h9-10H,3-8H2,1-2H3/t9?,10-/m0/s1. The van der Waals surface area contributed by atoms with Crippen LogP contribution in [0.2, 0.25) is 0 Å². The fourth-order valence-corrected chi connectivity index (χ4v) is 2.24. The molecule has 0 aliphatic carbocycles. The number of unbranched alkanes of at least 4 members (excludes halogenated alkanes) is 1. The summed E-state index contributed by atoms with van der Waals surface area (Å²) in [5.41, 5.74) is 0. The summed E-state index contributed by atoms with van der Waals surface area (Å²) < 4.78 is 42.4. The minimum atomic E-state index is -4.95. The topological polar surface area (TPSA) is 46.6 Å². The maximum Gasteiger partial charge on any atom is 0.471 e. The first-order valence-electron chi connectivity index (χ1n) is 6.85. The van der Waals surface area contributed by atoms with Gasteiger partial charge in [0.2, 0.25) is 0 Å². The number of nitrogens with zero attached hydrogens (tertiary/aromatic N) is 1. The van der Waals surface area contributed by atoms with Crippen LogP contribution in [0.15, 0.2) is 0 Å². The molecule has 0 aromatic rings. The molecule has 20 heavy (non-hydrogen) atoms. The number of ether oxygens (including phenoxy) is 1. The van der Waals surface area contributed by atoms with Crippen molar-refractivity contribution in [3.63, 3.8) is 0 Å². The molecule has 1 heterocycles. The monoisotopic (exact) mass is 295 g/mol. The molecule has 116 valence electrons. The van der Waals surface area contributed by atoms with E-state index in [-0.39, 0.29) is 19.1 Å². The van der Waals surface area contributed by atoms with Gasteiger partial charge in [0.05, 0.1) is 6.10 Å². The summed E-state index contributed by atoms with van der Waals surface area (Å²) in [6.45, 7) is 3.65. The first-order valence-corrected chi connectivity index (χ1v) is 6.85. The Hall–Kier alpha value is -1.27. The average Bonchev–Trinajstić information content (AvgIpc) is 2.83. The van der Waals surface area contributed by atoms with Gasteiger partial charge in [-0.15, -0.1) is 0 Å². The third kappa shape index (κ3) is 4.38. The number of rotatable bonds is 5. The largest absolute Gasteiger partial charge is 0.471 e. The number of halogens is 3. The van der Waals surface area contributed by atoms with Gasteiger partial charge in [0, 0.05) is 6.54 Å². The molecule has 1 saturated heterocycles. The van der Waals surface area contributed by atoms with E-state index >= 15 is 0 Å². The van der Waals surface area contributed by atoms with Crippen LogP contribution in [0.25, 0.3) is 0 Å². The van der Waals surface area contributed by atoms with Gasteiger partial charge < -0.3 is 9.64 Å². The molecule has 1 rings (SSSR count). The van der Waals surface area contributed by atoms with Crippen LogP contribution in [0, 0.1) is 0 Å². The molecule has 1 fully saturated rings. The van der Waals surface area contributed by atoms with Crippen LogP contribution in [0.5, 0.6) is 0 Å². The molecule has 1 amide bonds. The van der Waals surface area contributed by atoms with Crippen LogP contribution in [0.3, 0.4) is 0 Å². The smallest absolute Gasteiger partial charge is 0.461 e. The van der Waals surface area contributed by atoms with Gasteiger partial charge in [-0.3, -0.25) is 4.79 Å². The van der Waals surface area contributed by atoms with Crippen LogP contribution in [-0.2, 0) is 14.3 Å². The zero-order chi connectivity index (χ0) is 15.3. The Bertz CT molecular complexity index is 357. The van der Waals surface area contributed by atoms with Gasteiger partial charge in [-0.1, -0.05) is 19.8 Å². The van der Waals surface area contributed by atoms with E-state index in [1.807, 2.05) is 6.92 Å². The highest BCUT2D eigenvalue weighted by molar-refractivity contribution is 5.88. The van der Waals surface area contributed by atoms with Gasteiger partial charge in [0.15, 0.2) is 0 Å². The lowest BCUT2D eigenvalue weighted by Gasteiger charge is -2.25.